The summed E-state index contributed by atoms with van der Waals surface area (Å²) in [6.45, 7) is 1.61. The summed E-state index contributed by atoms with van der Waals surface area (Å²) in [6.07, 6.45) is 2.68. The highest BCUT2D eigenvalue weighted by molar-refractivity contribution is 5.81. The van der Waals surface area contributed by atoms with Crippen molar-refractivity contribution in [2.75, 3.05) is 20.2 Å². The first kappa shape index (κ1) is 17.5. The van der Waals surface area contributed by atoms with Gasteiger partial charge in [0.15, 0.2) is 0 Å². The summed E-state index contributed by atoms with van der Waals surface area (Å²) < 4.78 is 10.4. The molecular weight excluding hydrogens is 320 g/mol. The Morgan fingerprint density at radius 3 is 3.08 bits per heavy atom. The van der Waals surface area contributed by atoms with Crippen molar-refractivity contribution >= 4 is 5.91 Å². The van der Waals surface area contributed by atoms with E-state index >= 15 is 0 Å². The molecule has 1 aromatic carbocycles. The fraction of sp³-hybridized carbons (Fsp3) is 0.421. The number of hydrogen-bond donors (Lipinski definition) is 2. The minimum Gasteiger partial charge on any atom is -0.497 e. The van der Waals surface area contributed by atoms with E-state index in [0.29, 0.717) is 18.8 Å². The fourth-order valence-electron chi connectivity index (χ4n) is 3.22. The van der Waals surface area contributed by atoms with Gasteiger partial charge in [-0.3, -0.25) is 9.69 Å². The number of nitrogens with zero attached hydrogens (tertiary/aromatic N) is 1. The van der Waals surface area contributed by atoms with E-state index in [4.69, 9.17) is 9.15 Å². The van der Waals surface area contributed by atoms with Crippen LogP contribution < -0.4 is 10.1 Å². The van der Waals surface area contributed by atoms with Gasteiger partial charge < -0.3 is 19.6 Å². The average Bonchev–Trinajstić information content (AvgIpc) is 3.31. The summed E-state index contributed by atoms with van der Waals surface area (Å²) >= 11 is 0. The Bertz CT molecular complexity index is 686. The summed E-state index contributed by atoms with van der Waals surface area (Å²) in [5.74, 6) is 1.42. The third kappa shape index (κ3) is 4.41. The summed E-state index contributed by atoms with van der Waals surface area (Å²) in [7, 11) is 1.60. The van der Waals surface area contributed by atoms with Crippen LogP contribution in [0.5, 0.6) is 5.75 Å². The van der Waals surface area contributed by atoms with Gasteiger partial charge in [-0.2, -0.15) is 0 Å². The van der Waals surface area contributed by atoms with Gasteiger partial charge in [-0.05, 0) is 49.2 Å². The van der Waals surface area contributed by atoms with Crippen LogP contribution in [0.15, 0.2) is 47.1 Å². The van der Waals surface area contributed by atoms with Gasteiger partial charge in [0.2, 0.25) is 5.91 Å². The number of hydrogen-bond acceptors (Lipinski definition) is 5. The number of likely N-dealkylation sites (tertiary alicyclic amines) is 1. The topological polar surface area (TPSA) is 74.9 Å². The molecule has 1 fully saturated rings. The lowest BCUT2D eigenvalue weighted by Crippen LogP contribution is -2.44. The van der Waals surface area contributed by atoms with Crippen LogP contribution in [0.25, 0.3) is 0 Å². The molecule has 25 heavy (non-hydrogen) atoms. The Morgan fingerprint density at radius 2 is 2.32 bits per heavy atom. The van der Waals surface area contributed by atoms with Crippen LogP contribution in [0.3, 0.4) is 0 Å². The van der Waals surface area contributed by atoms with Crippen LogP contribution in [0.4, 0.5) is 0 Å². The Morgan fingerprint density at radius 1 is 1.44 bits per heavy atom. The van der Waals surface area contributed by atoms with E-state index in [1.165, 1.54) is 0 Å². The molecule has 2 unspecified atom stereocenters. The number of aliphatic hydroxyl groups is 1. The first-order chi connectivity index (χ1) is 12.2. The van der Waals surface area contributed by atoms with Gasteiger partial charge in [0.25, 0.3) is 0 Å². The van der Waals surface area contributed by atoms with Gasteiger partial charge in [-0.15, -0.1) is 0 Å². The number of aliphatic hydroxyl groups excluding tert-OH is 1. The van der Waals surface area contributed by atoms with Crippen molar-refractivity contribution in [2.24, 2.45) is 0 Å². The highest BCUT2D eigenvalue weighted by Gasteiger charge is 2.32. The second kappa shape index (κ2) is 8.18. The van der Waals surface area contributed by atoms with Gasteiger partial charge in [0.1, 0.15) is 11.5 Å². The van der Waals surface area contributed by atoms with Gasteiger partial charge in [0.05, 0.1) is 32.1 Å². The fourth-order valence-corrected chi connectivity index (χ4v) is 3.22. The maximum Gasteiger partial charge on any atom is 0.237 e. The number of benzene rings is 1. The number of β-amino-alcohol motifs (C(OH)–C–C–N with tert-alkyl or cyclic N) is 1. The van der Waals surface area contributed by atoms with E-state index in [0.717, 1.165) is 30.7 Å². The molecule has 2 N–H and O–H groups in total. The smallest absolute Gasteiger partial charge is 0.237 e. The Labute approximate surface area is 147 Å². The number of carbonyl (C=O) groups excluding carboxylic acids is 1. The molecule has 2 atom stereocenters. The van der Waals surface area contributed by atoms with E-state index < -0.39 is 6.10 Å². The first-order valence-corrected chi connectivity index (χ1v) is 8.53. The predicted molar refractivity (Wildman–Crippen MR) is 93.1 cm³/mol. The van der Waals surface area contributed by atoms with Crippen LogP contribution in [0, 0.1) is 0 Å². The number of amides is 1. The van der Waals surface area contributed by atoms with Crippen LogP contribution in [-0.4, -0.2) is 42.2 Å². The second-order valence-corrected chi connectivity index (χ2v) is 6.24. The largest absolute Gasteiger partial charge is 0.497 e. The third-order valence-electron chi connectivity index (χ3n) is 4.57. The normalized spacial score (nSPS) is 18.9. The monoisotopic (exact) mass is 344 g/mol. The van der Waals surface area contributed by atoms with Crippen LogP contribution in [0.1, 0.15) is 30.3 Å². The Kier molecular flexibility index (Phi) is 5.73. The summed E-state index contributed by atoms with van der Waals surface area (Å²) in [5.41, 5.74) is 0.793. The molecule has 134 valence electrons. The Balaban J connectivity index is 1.57. The maximum absolute atomic E-state index is 12.5. The van der Waals surface area contributed by atoms with Crippen molar-refractivity contribution in [3.8, 4) is 5.75 Å². The number of furan rings is 1. The lowest BCUT2D eigenvalue weighted by atomic mass is 10.1. The molecule has 1 aliphatic heterocycles. The third-order valence-corrected chi connectivity index (χ3v) is 4.57. The average molecular weight is 344 g/mol. The predicted octanol–water partition coefficient (Wildman–Crippen LogP) is 2.10. The molecule has 1 amide bonds. The van der Waals surface area contributed by atoms with Crippen molar-refractivity contribution in [1.82, 2.24) is 10.2 Å². The molecule has 1 aliphatic rings. The maximum atomic E-state index is 12.5. The zero-order valence-electron chi connectivity index (χ0n) is 14.4. The zero-order chi connectivity index (χ0) is 17.6. The lowest BCUT2D eigenvalue weighted by molar-refractivity contribution is -0.126. The number of carbonyl (C=O) groups is 1. The zero-order valence-corrected chi connectivity index (χ0v) is 14.4. The van der Waals surface area contributed by atoms with Gasteiger partial charge in [-0.1, -0.05) is 12.1 Å². The number of rotatable bonds is 7. The molecule has 2 heterocycles. The first-order valence-electron chi connectivity index (χ1n) is 8.53. The summed E-state index contributed by atoms with van der Waals surface area (Å²) in [6, 6.07) is 10.8. The molecular formula is C19H24N2O4. The molecule has 1 aromatic heterocycles. The highest BCUT2D eigenvalue weighted by Crippen LogP contribution is 2.24. The summed E-state index contributed by atoms with van der Waals surface area (Å²) in [4.78, 5) is 14.5. The standard InChI is InChI=1S/C19H24N2O4/c1-24-15-6-2-5-14(11-15)18(22)13-21-9-3-8-17(21)19(23)20-12-16-7-4-10-25-16/h2,4-7,10-11,17-18,22H,3,8-9,12-13H2,1H3,(H,20,23). The molecule has 6 heteroatoms. The van der Waals surface area contributed by atoms with Crippen LogP contribution in [0.2, 0.25) is 0 Å². The summed E-state index contributed by atoms with van der Waals surface area (Å²) in [5, 5.41) is 13.4. The molecule has 0 radical (unpaired) electrons. The number of methoxy groups -OCH3 is 1. The molecule has 0 bridgehead atoms. The van der Waals surface area contributed by atoms with Gasteiger partial charge in [-0.25, -0.2) is 0 Å². The molecule has 6 nitrogen and oxygen atoms in total. The van der Waals surface area contributed by atoms with Crippen molar-refractivity contribution < 1.29 is 19.1 Å². The van der Waals surface area contributed by atoms with Crippen molar-refractivity contribution in [2.45, 2.75) is 31.5 Å². The quantitative estimate of drug-likeness (QED) is 0.805. The highest BCUT2D eigenvalue weighted by atomic mass is 16.5. The molecule has 1 saturated heterocycles. The molecule has 3 rings (SSSR count). The lowest BCUT2D eigenvalue weighted by Gasteiger charge is -2.26. The van der Waals surface area contributed by atoms with Crippen molar-refractivity contribution in [1.29, 1.82) is 0 Å². The van der Waals surface area contributed by atoms with E-state index in [2.05, 4.69) is 5.32 Å². The van der Waals surface area contributed by atoms with Gasteiger partial charge in [0, 0.05) is 6.54 Å². The second-order valence-electron chi connectivity index (χ2n) is 6.24. The molecule has 0 saturated carbocycles. The van der Waals surface area contributed by atoms with Gasteiger partial charge >= 0.3 is 0 Å². The number of nitrogens with one attached hydrogen (secondary N) is 1. The minimum absolute atomic E-state index is 0.0215. The molecule has 0 spiro atoms. The van der Waals surface area contributed by atoms with E-state index in [1.807, 2.05) is 35.2 Å². The van der Waals surface area contributed by atoms with E-state index in [9.17, 15) is 9.90 Å². The molecule has 2 aromatic rings. The Hall–Kier alpha value is -2.31. The van der Waals surface area contributed by atoms with Crippen LogP contribution in [-0.2, 0) is 11.3 Å². The number of ether oxygens (including phenoxy) is 1. The van der Waals surface area contributed by atoms with E-state index in [-0.39, 0.29) is 11.9 Å². The minimum atomic E-state index is -0.659. The molecule has 0 aliphatic carbocycles. The SMILES string of the molecule is COc1cccc(C(O)CN2CCCC2C(=O)NCc2ccco2)c1. The van der Waals surface area contributed by atoms with Crippen LogP contribution >= 0.6 is 0 Å². The van der Waals surface area contributed by atoms with Crippen molar-refractivity contribution in [3.05, 3.63) is 54.0 Å². The van der Waals surface area contributed by atoms with E-state index in [1.54, 1.807) is 19.4 Å². The van der Waals surface area contributed by atoms with Crippen molar-refractivity contribution in [3.63, 3.8) is 0 Å².